The molecule has 164 valence electrons. The fourth-order valence-corrected chi connectivity index (χ4v) is 6.12. The maximum atomic E-state index is 12.9. The van der Waals surface area contributed by atoms with Crippen molar-refractivity contribution in [2.45, 2.75) is 23.2 Å². The molecule has 3 atom stereocenters. The number of methoxy groups -OCH3 is 1. The van der Waals surface area contributed by atoms with E-state index >= 15 is 0 Å². The number of aliphatic carboxylic acids is 1. The lowest BCUT2D eigenvalue weighted by atomic mass is 9.98. The number of hydrogen-bond acceptors (Lipinski definition) is 9. The molecule has 0 bridgehead atoms. The molecule has 2 N–H and O–H groups in total. The molecule has 1 aromatic rings. The van der Waals surface area contributed by atoms with Gasteiger partial charge < -0.3 is 19.7 Å². The number of amides is 2. The van der Waals surface area contributed by atoms with Crippen molar-refractivity contribution < 1.29 is 28.4 Å². The van der Waals surface area contributed by atoms with Gasteiger partial charge in [-0.3, -0.25) is 18.7 Å². The molecule has 3 rings (SSSR count). The van der Waals surface area contributed by atoms with Crippen molar-refractivity contribution in [3.05, 3.63) is 17.1 Å². The Balaban J connectivity index is 1.83. The topological polar surface area (TPSA) is 144 Å². The Morgan fingerprint density at radius 1 is 1.47 bits per heavy atom. The summed E-state index contributed by atoms with van der Waals surface area (Å²) in [4.78, 5) is 38.1. The molecule has 0 radical (unpaired) electrons. The van der Waals surface area contributed by atoms with Crippen molar-refractivity contribution in [1.29, 1.82) is 0 Å². The summed E-state index contributed by atoms with van der Waals surface area (Å²) in [5.74, 6) is -1.41. The van der Waals surface area contributed by atoms with Crippen LogP contribution in [0.1, 0.15) is 5.82 Å². The SMILES string of the molecule is CO[C@@]1(NC(=O)CS(C)=O)C(=O)N2C(C(=O)O)=C(CSc3nnc(C)n3C)CS[C@H]21. The first-order chi connectivity index (χ1) is 14.1. The molecule has 1 aromatic heterocycles. The maximum absolute atomic E-state index is 12.9. The minimum Gasteiger partial charge on any atom is -0.477 e. The number of carboxylic acids is 1. The minimum absolute atomic E-state index is 0.115. The molecule has 1 unspecified atom stereocenters. The van der Waals surface area contributed by atoms with E-state index < -0.39 is 39.7 Å². The van der Waals surface area contributed by atoms with Crippen LogP contribution in [0.4, 0.5) is 0 Å². The summed E-state index contributed by atoms with van der Waals surface area (Å²) in [6.45, 7) is 1.81. The van der Waals surface area contributed by atoms with Gasteiger partial charge in [-0.2, -0.15) is 0 Å². The van der Waals surface area contributed by atoms with Gasteiger partial charge in [0, 0.05) is 42.7 Å². The summed E-state index contributed by atoms with van der Waals surface area (Å²) in [6.07, 6.45) is 1.37. The van der Waals surface area contributed by atoms with Crippen LogP contribution in [0, 0.1) is 6.92 Å². The molecule has 11 nitrogen and oxygen atoms in total. The monoisotopic (exact) mass is 475 g/mol. The summed E-state index contributed by atoms with van der Waals surface area (Å²) < 4.78 is 18.4. The highest BCUT2D eigenvalue weighted by molar-refractivity contribution is 8.01. The predicted octanol–water partition coefficient (Wildman–Crippen LogP) is -0.693. The Hall–Kier alpha value is -1.90. The van der Waals surface area contributed by atoms with Crippen LogP contribution < -0.4 is 5.32 Å². The molecular formula is C16H21N5O6S3. The summed E-state index contributed by atoms with van der Waals surface area (Å²) in [6, 6.07) is 0. The quantitative estimate of drug-likeness (QED) is 0.281. The van der Waals surface area contributed by atoms with Gasteiger partial charge in [0.05, 0.1) is 0 Å². The predicted molar refractivity (Wildman–Crippen MR) is 111 cm³/mol. The highest BCUT2D eigenvalue weighted by atomic mass is 32.2. The van der Waals surface area contributed by atoms with E-state index in [9.17, 15) is 23.7 Å². The number of carboxylic acid groups (broad SMARTS) is 1. The van der Waals surface area contributed by atoms with E-state index in [4.69, 9.17) is 4.74 Å². The zero-order chi connectivity index (χ0) is 22.2. The van der Waals surface area contributed by atoms with Crippen LogP contribution in [0.5, 0.6) is 0 Å². The van der Waals surface area contributed by atoms with Crippen molar-refractivity contribution in [1.82, 2.24) is 25.0 Å². The molecule has 2 amide bonds. The lowest BCUT2D eigenvalue weighted by molar-refractivity contribution is -0.192. The second kappa shape index (κ2) is 8.69. The van der Waals surface area contributed by atoms with E-state index in [2.05, 4.69) is 15.5 Å². The number of aryl methyl sites for hydroxylation is 1. The number of carbonyl (C=O) groups excluding carboxylic acids is 2. The third kappa shape index (κ3) is 3.88. The smallest absolute Gasteiger partial charge is 0.352 e. The van der Waals surface area contributed by atoms with Crippen molar-refractivity contribution in [2.24, 2.45) is 7.05 Å². The number of rotatable bonds is 8. The van der Waals surface area contributed by atoms with Gasteiger partial charge in [0.1, 0.15) is 22.6 Å². The summed E-state index contributed by atoms with van der Waals surface area (Å²) in [5.41, 5.74) is -1.23. The number of fused-ring (bicyclic) bond motifs is 1. The summed E-state index contributed by atoms with van der Waals surface area (Å²) in [5, 5.41) is 20.2. The third-order valence-corrected chi connectivity index (χ3v) is 7.87. The number of nitrogens with one attached hydrogen (secondary N) is 1. The van der Waals surface area contributed by atoms with E-state index in [1.54, 1.807) is 4.57 Å². The van der Waals surface area contributed by atoms with Crippen molar-refractivity contribution in [2.75, 3.05) is 30.6 Å². The van der Waals surface area contributed by atoms with Crippen molar-refractivity contribution >= 4 is 52.1 Å². The lowest BCUT2D eigenvalue weighted by Crippen LogP contribution is -2.80. The number of thioether (sulfide) groups is 2. The van der Waals surface area contributed by atoms with Gasteiger partial charge in [-0.05, 0) is 12.5 Å². The Morgan fingerprint density at radius 3 is 2.70 bits per heavy atom. The zero-order valence-electron chi connectivity index (χ0n) is 16.7. The molecule has 0 saturated carbocycles. The van der Waals surface area contributed by atoms with Crippen LogP contribution in [-0.4, -0.2) is 88.5 Å². The number of nitrogens with zero attached hydrogens (tertiary/aromatic N) is 4. The molecule has 14 heteroatoms. The largest absolute Gasteiger partial charge is 0.477 e. The van der Waals surface area contributed by atoms with Crippen LogP contribution in [0.3, 0.4) is 0 Å². The number of ether oxygens (including phenoxy) is 1. The normalized spacial score (nSPS) is 24.3. The van der Waals surface area contributed by atoms with E-state index in [0.29, 0.717) is 22.2 Å². The molecule has 0 aromatic carbocycles. The van der Waals surface area contributed by atoms with E-state index in [0.717, 1.165) is 10.7 Å². The van der Waals surface area contributed by atoms with Gasteiger partial charge in [0.25, 0.3) is 11.6 Å². The summed E-state index contributed by atoms with van der Waals surface area (Å²) >= 11 is 2.62. The van der Waals surface area contributed by atoms with Crippen molar-refractivity contribution in [3.8, 4) is 0 Å². The number of hydrogen-bond donors (Lipinski definition) is 2. The van der Waals surface area contributed by atoms with Crippen molar-refractivity contribution in [3.63, 3.8) is 0 Å². The second-order valence-electron chi connectivity index (χ2n) is 6.68. The second-order valence-corrected chi connectivity index (χ2v) is 10.1. The van der Waals surface area contributed by atoms with Gasteiger partial charge in [0.2, 0.25) is 5.91 Å². The van der Waals surface area contributed by atoms with Gasteiger partial charge in [-0.25, -0.2) is 4.79 Å². The Bertz CT molecular complexity index is 963. The molecule has 1 saturated heterocycles. The lowest BCUT2D eigenvalue weighted by Gasteiger charge is -2.55. The highest BCUT2D eigenvalue weighted by Crippen LogP contribution is 2.47. The zero-order valence-corrected chi connectivity index (χ0v) is 19.2. The Kier molecular flexibility index (Phi) is 6.60. The van der Waals surface area contributed by atoms with E-state index in [-0.39, 0.29) is 11.4 Å². The fourth-order valence-electron chi connectivity index (χ4n) is 3.15. The average molecular weight is 476 g/mol. The van der Waals surface area contributed by atoms with Crippen LogP contribution in [0.2, 0.25) is 0 Å². The van der Waals surface area contributed by atoms with Crippen LogP contribution in [0.15, 0.2) is 16.4 Å². The van der Waals surface area contributed by atoms with Crippen LogP contribution in [0.25, 0.3) is 0 Å². The molecule has 0 spiro atoms. The van der Waals surface area contributed by atoms with E-state index in [1.807, 2.05) is 14.0 Å². The molecule has 2 aliphatic heterocycles. The standard InChI is InChI=1S/C16H21N5O6S3/c1-8-18-19-15(20(8)2)29-6-9-5-28-14-16(27-3,17-10(22)7-30(4)26)13(25)21(14)11(9)12(23)24/h14H,5-7H2,1-4H3,(H,17,22)(H,23,24)/t14-,16-,30?/m0/s1. The van der Waals surface area contributed by atoms with Crippen LogP contribution >= 0.6 is 23.5 Å². The average Bonchev–Trinajstić information content (AvgIpc) is 3.00. The Morgan fingerprint density at radius 2 is 2.17 bits per heavy atom. The highest BCUT2D eigenvalue weighted by Gasteiger charge is 2.66. The first kappa shape index (κ1) is 22.8. The van der Waals surface area contributed by atoms with Gasteiger partial charge >= 0.3 is 5.97 Å². The molecular weight excluding hydrogens is 454 g/mol. The van der Waals surface area contributed by atoms with Gasteiger partial charge in [0.15, 0.2) is 5.16 Å². The van der Waals surface area contributed by atoms with Gasteiger partial charge in [-0.1, -0.05) is 11.8 Å². The Labute approximate surface area is 183 Å². The molecule has 1 fully saturated rings. The summed E-state index contributed by atoms with van der Waals surface area (Å²) in [7, 11) is 1.69. The minimum atomic E-state index is -1.68. The van der Waals surface area contributed by atoms with Gasteiger partial charge in [-0.15, -0.1) is 22.0 Å². The maximum Gasteiger partial charge on any atom is 0.352 e. The van der Waals surface area contributed by atoms with Crippen LogP contribution in [-0.2, 0) is 37.0 Å². The fraction of sp³-hybridized carbons (Fsp3) is 0.562. The third-order valence-electron chi connectivity index (χ3n) is 4.72. The first-order valence-electron chi connectivity index (χ1n) is 8.68. The number of carbonyl (C=O) groups is 3. The van der Waals surface area contributed by atoms with E-state index in [1.165, 1.54) is 36.9 Å². The molecule has 0 aliphatic carbocycles. The first-order valence-corrected chi connectivity index (χ1v) is 12.4. The number of aromatic nitrogens is 3. The number of β-lactam (4-membered cyclic amide) rings is 1. The molecule has 30 heavy (non-hydrogen) atoms. The molecule has 3 heterocycles. The molecule has 2 aliphatic rings.